The van der Waals surface area contributed by atoms with E-state index in [-0.39, 0.29) is 24.5 Å². The highest BCUT2D eigenvalue weighted by molar-refractivity contribution is 7.89. The molecule has 3 rings (SSSR count). The minimum Gasteiger partial charge on any atom is -0.493 e. The van der Waals surface area contributed by atoms with E-state index in [1.807, 2.05) is 6.92 Å². The van der Waals surface area contributed by atoms with E-state index in [1.165, 1.54) is 0 Å². The Morgan fingerprint density at radius 2 is 2.14 bits per heavy atom. The first-order chi connectivity index (χ1) is 10.1. The molecule has 2 aliphatic heterocycles. The summed E-state index contributed by atoms with van der Waals surface area (Å²) >= 11 is 0. The van der Waals surface area contributed by atoms with Crippen LogP contribution in [0.25, 0.3) is 0 Å². The Bertz CT molecular complexity index is 621. The number of sulfonamides is 1. The molecule has 0 radical (unpaired) electrons. The van der Waals surface area contributed by atoms with Gasteiger partial charge in [-0.05, 0) is 62.9 Å². The lowest BCUT2D eigenvalue weighted by Gasteiger charge is -2.30. The summed E-state index contributed by atoms with van der Waals surface area (Å²) in [5.41, 5.74) is 0.985. The maximum atomic E-state index is 12.6. The monoisotopic (exact) mass is 346 g/mol. The summed E-state index contributed by atoms with van der Waals surface area (Å²) in [5, 5.41) is 3.31. The van der Waals surface area contributed by atoms with Crippen LogP contribution in [0.4, 0.5) is 0 Å². The molecule has 7 heteroatoms. The molecule has 124 valence electrons. The number of rotatable bonds is 3. The van der Waals surface area contributed by atoms with E-state index in [0.29, 0.717) is 11.5 Å². The average molecular weight is 347 g/mol. The van der Waals surface area contributed by atoms with Crippen LogP contribution in [0.15, 0.2) is 23.1 Å². The lowest BCUT2D eigenvalue weighted by atomic mass is 10.0. The number of hydrogen-bond donors (Lipinski definition) is 2. The summed E-state index contributed by atoms with van der Waals surface area (Å²) in [6.07, 6.45) is 3.69. The molecule has 5 nitrogen and oxygen atoms in total. The van der Waals surface area contributed by atoms with Gasteiger partial charge in [-0.2, -0.15) is 0 Å². The van der Waals surface area contributed by atoms with Crippen molar-refractivity contribution in [2.24, 2.45) is 0 Å². The van der Waals surface area contributed by atoms with E-state index < -0.39 is 10.0 Å². The normalized spacial score (nSPS) is 24.8. The summed E-state index contributed by atoms with van der Waals surface area (Å²) in [7, 11) is -3.47. The fourth-order valence-electron chi connectivity index (χ4n) is 2.98. The van der Waals surface area contributed by atoms with Crippen LogP contribution in [-0.4, -0.2) is 33.7 Å². The maximum absolute atomic E-state index is 12.6. The lowest BCUT2D eigenvalue weighted by molar-refractivity contribution is 0.288. The third kappa shape index (κ3) is 3.74. The molecule has 22 heavy (non-hydrogen) atoms. The molecular weight excluding hydrogens is 324 g/mol. The molecule has 2 heterocycles. The second-order valence-electron chi connectivity index (χ2n) is 5.83. The second kappa shape index (κ2) is 7.17. The van der Waals surface area contributed by atoms with Crippen molar-refractivity contribution in [2.75, 3.05) is 13.2 Å². The molecular formula is C15H23ClN2O3S. The highest BCUT2D eigenvalue weighted by Crippen LogP contribution is 2.27. The van der Waals surface area contributed by atoms with Crippen LogP contribution in [0.2, 0.25) is 0 Å². The smallest absolute Gasteiger partial charge is 0.240 e. The minimum absolute atomic E-state index is 0. The van der Waals surface area contributed by atoms with Crippen LogP contribution in [0.5, 0.6) is 5.75 Å². The first-order valence-electron chi connectivity index (χ1n) is 7.58. The van der Waals surface area contributed by atoms with Crippen molar-refractivity contribution in [3.05, 3.63) is 23.8 Å². The van der Waals surface area contributed by atoms with Gasteiger partial charge in [-0.25, -0.2) is 13.1 Å². The highest BCUT2D eigenvalue weighted by Gasteiger charge is 2.27. The highest BCUT2D eigenvalue weighted by atomic mass is 35.5. The third-order valence-corrected chi connectivity index (χ3v) is 5.75. The number of hydrogen-bond acceptors (Lipinski definition) is 4. The lowest BCUT2D eigenvalue weighted by Crippen LogP contribution is -2.51. The van der Waals surface area contributed by atoms with Gasteiger partial charge in [0.25, 0.3) is 0 Å². The van der Waals surface area contributed by atoms with Crippen LogP contribution < -0.4 is 14.8 Å². The number of nitrogens with one attached hydrogen (secondary N) is 2. The average Bonchev–Trinajstić information content (AvgIpc) is 2.49. The SMILES string of the molecule is CC1NCCCC1NS(=O)(=O)c1ccc2c(c1)CCCO2.Cl. The molecule has 2 N–H and O–H groups in total. The standard InChI is InChI=1S/C15H22N2O3S.ClH/c1-11-14(5-2-8-16-11)17-21(18,19)13-6-7-15-12(10-13)4-3-9-20-15;/h6-7,10-11,14,16-17H,2-5,8-9H2,1H3;1H. The Morgan fingerprint density at radius 3 is 2.91 bits per heavy atom. The van der Waals surface area contributed by atoms with Gasteiger partial charge in [0.2, 0.25) is 10.0 Å². The van der Waals surface area contributed by atoms with Crippen LogP contribution in [-0.2, 0) is 16.4 Å². The van der Waals surface area contributed by atoms with Crippen molar-refractivity contribution in [3.63, 3.8) is 0 Å². The van der Waals surface area contributed by atoms with Gasteiger partial charge in [0.1, 0.15) is 5.75 Å². The van der Waals surface area contributed by atoms with Crippen LogP contribution in [0.3, 0.4) is 0 Å². The topological polar surface area (TPSA) is 67.4 Å². The van der Waals surface area contributed by atoms with E-state index in [1.54, 1.807) is 18.2 Å². The molecule has 0 amide bonds. The molecule has 0 saturated carbocycles. The number of fused-ring (bicyclic) bond motifs is 1. The molecule has 0 spiro atoms. The Hall–Kier alpha value is -0.820. The molecule has 2 aliphatic rings. The number of benzene rings is 1. The number of ether oxygens (including phenoxy) is 1. The Balaban J connectivity index is 0.00000176. The summed E-state index contributed by atoms with van der Waals surface area (Å²) in [6, 6.07) is 5.27. The molecule has 1 fully saturated rings. The first-order valence-corrected chi connectivity index (χ1v) is 9.06. The van der Waals surface area contributed by atoms with Gasteiger partial charge >= 0.3 is 0 Å². The third-order valence-electron chi connectivity index (χ3n) is 4.26. The zero-order valence-electron chi connectivity index (χ0n) is 12.7. The molecule has 0 aliphatic carbocycles. The van der Waals surface area contributed by atoms with Gasteiger partial charge in [0, 0.05) is 12.1 Å². The summed E-state index contributed by atoms with van der Waals surface area (Å²) in [6.45, 7) is 3.69. The van der Waals surface area contributed by atoms with Gasteiger partial charge < -0.3 is 10.1 Å². The summed E-state index contributed by atoms with van der Waals surface area (Å²) in [5.74, 6) is 0.813. The number of halogens is 1. The van der Waals surface area contributed by atoms with Crippen molar-refractivity contribution < 1.29 is 13.2 Å². The van der Waals surface area contributed by atoms with Crippen LogP contribution in [0, 0.1) is 0 Å². The van der Waals surface area contributed by atoms with E-state index >= 15 is 0 Å². The van der Waals surface area contributed by atoms with Gasteiger partial charge in [0.05, 0.1) is 11.5 Å². The summed E-state index contributed by atoms with van der Waals surface area (Å²) in [4.78, 5) is 0.338. The largest absolute Gasteiger partial charge is 0.493 e. The zero-order valence-corrected chi connectivity index (χ0v) is 14.3. The molecule has 1 saturated heterocycles. The van der Waals surface area contributed by atoms with Crippen LogP contribution in [0.1, 0.15) is 31.7 Å². The van der Waals surface area contributed by atoms with Gasteiger partial charge in [0.15, 0.2) is 0 Å². The van der Waals surface area contributed by atoms with Crippen molar-refractivity contribution >= 4 is 22.4 Å². The van der Waals surface area contributed by atoms with Crippen molar-refractivity contribution in [2.45, 2.75) is 49.6 Å². The Morgan fingerprint density at radius 1 is 1.32 bits per heavy atom. The fraction of sp³-hybridized carbons (Fsp3) is 0.600. The van der Waals surface area contributed by atoms with Gasteiger partial charge in [-0.3, -0.25) is 0 Å². The molecule has 0 bridgehead atoms. The first kappa shape index (κ1) is 17.5. The van der Waals surface area contributed by atoms with E-state index in [2.05, 4.69) is 10.0 Å². The van der Waals surface area contributed by atoms with Crippen molar-refractivity contribution in [1.82, 2.24) is 10.0 Å². The molecule has 0 aromatic heterocycles. The number of aryl methyl sites for hydroxylation is 1. The minimum atomic E-state index is -3.47. The fourth-order valence-corrected chi connectivity index (χ4v) is 4.38. The Kier molecular flexibility index (Phi) is 5.71. The van der Waals surface area contributed by atoms with Crippen molar-refractivity contribution in [1.29, 1.82) is 0 Å². The van der Waals surface area contributed by atoms with E-state index in [0.717, 1.165) is 43.5 Å². The molecule has 2 atom stereocenters. The van der Waals surface area contributed by atoms with Gasteiger partial charge in [-0.1, -0.05) is 0 Å². The van der Waals surface area contributed by atoms with Crippen LogP contribution >= 0.6 is 12.4 Å². The molecule has 1 aromatic carbocycles. The quantitative estimate of drug-likeness (QED) is 0.876. The molecule has 1 aromatic rings. The van der Waals surface area contributed by atoms with E-state index in [9.17, 15) is 8.42 Å². The zero-order chi connectivity index (χ0) is 14.9. The molecule has 2 unspecified atom stereocenters. The van der Waals surface area contributed by atoms with Gasteiger partial charge in [-0.15, -0.1) is 12.4 Å². The maximum Gasteiger partial charge on any atom is 0.240 e. The predicted molar refractivity (Wildman–Crippen MR) is 88.3 cm³/mol. The summed E-state index contributed by atoms with van der Waals surface area (Å²) < 4.78 is 33.5. The van der Waals surface area contributed by atoms with Crippen molar-refractivity contribution in [3.8, 4) is 5.75 Å². The van der Waals surface area contributed by atoms with E-state index in [4.69, 9.17) is 4.74 Å². The Labute approximate surface area is 138 Å². The predicted octanol–water partition coefficient (Wildman–Crippen LogP) is 1.85. The second-order valence-corrected chi connectivity index (χ2v) is 7.55. The number of piperidine rings is 1.